The first kappa shape index (κ1) is 29.3. The number of hydrogen-bond acceptors (Lipinski definition) is 6. The van der Waals surface area contributed by atoms with E-state index in [4.69, 9.17) is 25.8 Å². The molecule has 2 aromatic rings. The summed E-state index contributed by atoms with van der Waals surface area (Å²) in [5, 5.41) is 12.9. The highest BCUT2D eigenvalue weighted by atomic mass is 35.5. The van der Waals surface area contributed by atoms with Crippen LogP contribution in [0.4, 0.5) is 30.2 Å². The molecule has 2 N–H and O–H groups in total. The van der Waals surface area contributed by atoms with Gasteiger partial charge in [0.15, 0.2) is 6.61 Å². The minimum Gasteiger partial charge on any atom is -0.482 e. The largest absolute Gasteiger partial charge is 0.482 e. The monoisotopic (exact) mass is 570 g/mol. The van der Waals surface area contributed by atoms with Gasteiger partial charge in [-0.1, -0.05) is 17.7 Å². The molecular formula is C28H34ClF3N2O5. The average Bonchev–Trinajstić information content (AvgIpc) is 3.72. The van der Waals surface area contributed by atoms with Crippen molar-refractivity contribution in [3.63, 3.8) is 0 Å². The van der Waals surface area contributed by atoms with Crippen LogP contribution >= 0.6 is 11.6 Å². The van der Waals surface area contributed by atoms with Gasteiger partial charge in [-0.25, -0.2) is 0 Å². The maximum Gasteiger partial charge on any atom is 0.422 e. The van der Waals surface area contributed by atoms with Crippen molar-refractivity contribution in [1.29, 1.82) is 0 Å². The maximum atomic E-state index is 12.8. The molecule has 1 saturated carbocycles. The third-order valence-corrected chi connectivity index (χ3v) is 7.29. The Morgan fingerprint density at radius 1 is 1.18 bits per heavy atom. The number of carboxylic acid groups (broad SMARTS) is 1. The van der Waals surface area contributed by atoms with E-state index in [1.165, 1.54) is 32.1 Å². The Balaban J connectivity index is 1.71. The Labute approximate surface area is 231 Å². The first-order valence-corrected chi connectivity index (χ1v) is 13.5. The molecule has 4 rings (SSSR count). The molecular weight excluding hydrogens is 537 g/mol. The number of halogens is 4. The van der Waals surface area contributed by atoms with E-state index in [0.29, 0.717) is 24.8 Å². The minimum atomic E-state index is -4.50. The lowest BCUT2D eigenvalue weighted by atomic mass is 9.94. The number of aliphatic carboxylic acids is 1. The van der Waals surface area contributed by atoms with Crippen molar-refractivity contribution < 1.29 is 37.3 Å². The molecule has 2 aromatic carbocycles. The summed E-state index contributed by atoms with van der Waals surface area (Å²) in [7, 11) is 1.53. The molecule has 1 aliphatic carbocycles. The molecule has 1 saturated heterocycles. The Kier molecular flexibility index (Phi) is 9.85. The number of alkyl halides is 3. The van der Waals surface area contributed by atoms with Crippen LogP contribution in [-0.4, -0.2) is 63.4 Å². The van der Waals surface area contributed by atoms with Gasteiger partial charge in [0.2, 0.25) is 0 Å². The molecule has 39 heavy (non-hydrogen) atoms. The number of benzene rings is 2. The summed E-state index contributed by atoms with van der Waals surface area (Å²) in [6.45, 7) is 1.02. The third kappa shape index (κ3) is 8.65. The topological polar surface area (TPSA) is 80.3 Å². The SMILES string of the molecule is COCC(CC(=O)O)c1ccc(N(CC2CC2)C2CCOCC2)c(Nc2ccc(Cl)c(OCC(F)(F)F)c2)c1. The smallest absolute Gasteiger partial charge is 0.422 e. The van der Waals surface area contributed by atoms with E-state index in [2.05, 4.69) is 10.2 Å². The molecule has 1 heterocycles. The lowest BCUT2D eigenvalue weighted by molar-refractivity contribution is -0.153. The Morgan fingerprint density at radius 2 is 1.92 bits per heavy atom. The second-order valence-corrected chi connectivity index (χ2v) is 10.5. The molecule has 1 unspecified atom stereocenters. The van der Waals surface area contributed by atoms with Crippen LogP contribution < -0.4 is 15.0 Å². The van der Waals surface area contributed by atoms with Gasteiger partial charge in [0.05, 0.1) is 29.4 Å². The van der Waals surface area contributed by atoms with E-state index in [1.54, 1.807) is 6.07 Å². The summed E-state index contributed by atoms with van der Waals surface area (Å²) in [4.78, 5) is 13.9. The molecule has 0 bridgehead atoms. The van der Waals surface area contributed by atoms with Crippen LogP contribution in [0.3, 0.4) is 0 Å². The summed E-state index contributed by atoms with van der Waals surface area (Å²) in [6, 6.07) is 10.7. The molecule has 214 valence electrons. The predicted octanol–water partition coefficient (Wildman–Crippen LogP) is 6.62. The van der Waals surface area contributed by atoms with Crippen LogP contribution in [0.1, 0.15) is 43.6 Å². The predicted molar refractivity (Wildman–Crippen MR) is 144 cm³/mol. The van der Waals surface area contributed by atoms with Crippen LogP contribution in [-0.2, 0) is 14.3 Å². The maximum absolute atomic E-state index is 12.8. The highest BCUT2D eigenvalue weighted by Gasteiger charge is 2.31. The Hall–Kier alpha value is -2.69. The van der Waals surface area contributed by atoms with Gasteiger partial charge in [0, 0.05) is 50.6 Å². The molecule has 1 aliphatic heterocycles. The normalized spacial score (nSPS) is 17.1. The van der Waals surface area contributed by atoms with Gasteiger partial charge >= 0.3 is 12.1 Å². The number of ether oxygens (including phenoxy) is 3. The number of nitrogens with one attached hydrogen (secondary N) is 1. The molecule has 0 aromatic heterocycles. The molecule has 11 heteroatoms. The average molecular weight is 571 g/mol. The summed E-state index contributed by atoms with van der Waals surface area (Å²) in [5.74, 6) is -0.791. The van der Waals surface area contributed by atoms with Gasteiger partial charge in [-0.3, -0.25) is 4.79 Å². The number of carbonyl (C=O) groups is 1. The van der Waals surface area contributed by atoms with Gasteiger partial charge in [0.25, 0.3) is 0 Å². The van der Waals surface area contributed by atoms with Crippen molar-refractivity contribution in [3.05, 3.63) is 47.0 Å². The van der Waals surface area contributed by atoms with Crippen LogP contribution in [0.2, 0.25) is 5.02 Å². The van der Waals surface area contributed by atoms with E-state index in [-0.39, 0.29) is 35.8 Å². The van der Waals surface area contributed by atoms with Gasteiger partial charge in [-0.15, -0.1) is 0 Å². The zero-order chi connectivity index (χ0) is 28.0. The summed E-state index contributed by atoms with van der Waals surface area (Å²) in [5.41, 5.74) is 2.94. The van der Waals surface area contributed by atoms with Crippen molar-refractivity contribution in [1.82, 2.24) is 0 Å². The van der Waals surface area contributed by atoms with Crippen molar-refractivity contribution in [2.45, 2.75) is 50.2 Å². The number of methoxy groups -OCH3 is 1. The molecule has 2 aliphatic rings. The minimum absolute atomic E-state index is 0.0676. The fourth-order valence-corrected chi connectivity index (χ4v) is 5.04. The van der Waals surface area contributed by atoms with E-state index in [1.807, 2.05) is 18.2 Å². The molecule has 0 radical (unpaired) electrons. The van der Waals surface area contributed by atoms with Crippen LogP contribution in [0.15, 0.2) is 36.4 Å². The fraction of sp³-hybridized carbons (Fsp3) is 0.536. The second kappa shape index (κ2) is 13.1. The summed E-state index contributed by atoms with van der Waals surface area (Å²) >= 11 is 6.12. The van der Waals surface area contributed by atoms with Gasteiger partial charge < -0.3 is 29.5 Å². The quantitative estimate of drug-likeness (QED) is 0.280. The van der Waals surface area contributed by atoms with Crippen molar-refractivity contribution in [2.24, 2.45) is 5.92 Å². The van der Waals surface area contributed by atoms with Crippen molar-refractivity contribution >= 4 is 34.6 Å². The first-order chi connectivity index (χ1) is 18.6. The standard InChI is InChI=1S/C28H34ClF3N2O5/c1-37-16-20(13-27(35)36)19-4-7-25(34(15-18-2-3-18)22-8-10-38-11-9-22)24(12-19)33-21-5-6-23(29)26(14-21)39-17-28(30,31)32/h4-7,12,14,18,20,22,33H,2-3,8-11,13,15-17H2,1H3,(H,35,36). The molecule has 0 amide bonds. The van der Waals surface area contributed by atoms with Crippen molar-refractivity contribution in [2.75, 3.05) is 50.3 Å². The molecule has 0 spiro atoms. The van der Waals surface area contributed by atoms with Gasteiger partial charge in [-0.2, -0.15) is 13.2 Å². The number of rotatable bonds is 13. The van der Waals surface area contributed by atoms with E-state index >= 15 is 0 Å². The first-order valence-electron chi connectivity index (χ1n) is 13.1. The molecule has 2 fully saturated rings. The van der Waals surface area contributed by atoms with Crippen LogP contribution in [0.5, 0.6) is 5.75 Å². The summed E-state index contributed by atoms with van der Waals surface area (Å²) < 4.78 is 54.2. The van der Waals surface area contributed by atoms with Crippen LogP contribution in [0, 0.1) is 5.92 Å². The Bertz CT molecular complexity index is 1120. The lowest BCUT2D eigenvalue weighted by Crippen LogP contribution is -2.41. The van der Waals surface area contributed by atoms with Gasteiger partial charge in [-0.05, 0) is 61.4 Å². The highest BCUT2D eigenvalue weighted by molar-refractivity contribution is 6.32. The fourth-order valence-electron chi connectivity index (χ4n) is 4.87. The zero-order valence-electron chi connectivity index (χ0n) is 21.8. The number of hydrogen-bond donors (Lipinski definition) is 2. The number of nitrogens with zero attached hydrogens (tertiary/aromatic N) is 1. The van der Waals surface area contributed by atoms with Crippen molar-refractivity contribution in [3.8, 4) is 5.75 Å². The second-order valence-electron chi connectivity index (χ2n) is 10.1. The van der Waals surface area contributed by atoms with Crippen LogP contribution in [0.25, 0.3) is 0 Å². The number of carboxylic acids is 1. The van der Waals surface area contributed by atoms with E-state index < -0.39 is 18.8 Å². The summed E-state index contributed by atoms with van der Waals surface area (Å²) in [6.07, 6.45) is -0.486. The number of anilines is 3. The van der Waals surface area contributed by atoms with E-state index in [0.717, 1.165) is 36.3 Å². The lowest BCUT2D eigenvalue weighted by Gasteiger charge is -2.38. The molecule has 1 atom stereocenters. The van der Waals surface area contributed by atoms with Gasteiger partial charge in [0.1, 0.15) is 5.75 Å². The zero-order valence-corrected chi connectivity index (χ0v) is 22.6. The van der Waals surface area contributed by atoms with E-state index in [9.17, 15) is 23.1 Å². The molecule has 7 nitrogen and oxygen atoms in total. The third-order valence-electron chi connectivity index (χ3n) is 6.98. The highest BCUT2D eigenvalue weighted by Crippen LogP contribution is 2.40. The Morgan fingerprint density at radius 3 is 2.56 bits per heavy atom.